The summed E-state index contributed by atoms with van der Waals surface area (Å²) in [6.07, 6.45) is 0. The van der Waals surface area contributed by atoms with Gasteiger partial charge in [0.05, 0.1) is 26.7 Å². The van der Waals surface area contributed by atoms with Crippen LogP contribution in [0.3, 0.4) is 0 Å². The Morgan fingerprint density at radius 2 is 1.73 bits per heavy atom. The molecular weight excluding hydrogens is 600 g/mol. The fourth-order valence-electron chi connectivity index (χ4n) is 3.94. The van der Waals surface area contributed by atoms with Crippen molar-refractivity contribution >= 4 is 55.8 Å². The number of hydrogen-bond acceptors (Lipinski definition) is 7. The molecule has 5 rings (SSSR count). The van der Waals surface area contributed by atoms with Gasteiger partial charge in [-0.3, -0.25) is 14.9 Å². The Morgan fingerprint density at radius 3 is 2.42 bits per heavy atom. The summed E-state index contributed by atoms with van der Waals surface area (Å²) >= 11 is 9.64. The number of nitro groups is 1. The molecule has 0 saturated heterocycles. The van der Waals surface area contributed by atoms with Crippen LogP contribution < -0.4 is 14.8 Å². The minimum absolute atomic E-state index is 0.0294. The molecule has 0 aliphatic heterocycles. The van der Waals surface area contributed by atoms with Crippen LogP contribution in [0.2, 0.25) is 5.02 Å². The maximum absolute atomic E-state index is 11.9. The second-order valence-corrected chi connectivity index (χ2v) is 9.94. The summed E-state index contributed by atoms with van der Waals surface area (Å²) < 4.78 is 12.7. The van der Waals surface area contributed by atoms with Crippen LogP contribution >= 0.6 is 27.5 Å². The topological polar surface area (TPSA) is 116 Å². The monoisotopic (exact) mass is 618 g/mol. The number of anilines is 1. The highest BCUT2D eigenvalue weighted by Gasteiger charge is 2.20. The lowest BCUT2D eigenvalue weighted by atomic mass is 10.1. The Morgan fingerprint density at radius 1 is 1.00 bits per heavy atom. The molecule has 1 amide bonds. The molecule has 5 aromatic rings. The molecule has 0 radical (unpaired) electrons. The second kappa shape index (κ2) is 11.7. The SMILES string of the molecule is CC(=O)Nc1ccc(Br)cc1-c1nc2ccccc2nc1OCc1ccc(Oc2c(Cl)cccc2[N+](=O)[O-])cc1. The van der Waals surface area contributed by atoms with Gasteiger partial charge < -0.3 is 14.8 Å². The van der Waals surface area contributed by atoms with Crippen LogP contribution in [0.5, 0.6) is 17.4 Å². The van der Waals surface area contributed by atoms with Crippen molar-refractivity contribution in [3.63, 3.8) is 0 Å². The highest BCUT2D eigenvalue weighted by Crippen LogP contribution is 2.38. The number of nitrogens with zero attached hydrogens (tertiary/aromatic N) is 3. The van der Waals surface area contributed by atoms with Gasteiger partial charge in [0, 0.05) is 23.0 Å². The molecule has 4 aromatic carbocycles. The average molecular weight is 620 g/mol. The second-order valence-electron chi connectivity index (χ2n) is 8.62. The first-order chi connectivity index (χ1) is 19.3. The normalized spacial score (nSPS) is 10.8. The first-order valence-corrected chi connectivity index (χ1v) is 13.1. The maximum Gasteiger partial charge on any atom is 0.313 e. The summed E-state index contributed by atoms with van der Waals surface area (Å²) in [6.45, 7) is 1.59. The van der Waals surface area contributed by atoms with E-state index in [2.05, 4.69) is 21.2 Å². The Hall–Kier alpha value is -4.54. The van der Waals surface area contributed by atoms with Gasteiger partial charge in [-0.05, 0) is 54.1 Å². The van der Waals surface area contributed by atoms with Crippen molar-refractivity contribution in [2.45, 2.75) is 13.5 Å². The number of hydrogen-bond donors (Lipinski definition) is 1. The van der Waals surface area contributed by atoms with Gasteiger partial charge in [-0.25, -0.2) is 9.97 Å². The number of halogens is 2. The van der Waals surface area contributed by atoms with Crippen molar-refractivity contribution in [1.82, 2.24) is 9.97 Å². The zero-order valence-electron chi connectivity index (χ0n) is 20.9. The number of nitrogens with one attached hydrogen (secondary N) is 1. The third kappa shape index (κ3) is 6.03. The third-order valence-corrected chi connectivity index (χ3v) is 6.54. The molecule has 0 aliphatic carbocycles. The van der Waals surface area contributed by atoms with Gasteiger partial charge in [-0.1, -0.05) is 57.9 Å². The van der Waals surface area contributed by atoms with Crippen LogP contribution in [0.1, 0.15) is 12.5 Å². The predicted octanol–water partition coefficient (Wildman–Crippen LogP) is 7.95. The lowest BCUT2D eigenvalue weighted by molar-refractivity contribution is -0.385. The highest BCUT2D eigenvalue weighted by atomic mass is 79.9. The number of rotatable bonds is 8. The van der Waals surface area contributed by atoms with E-state index in [1.54, 1.807) is 30.3 Å². The minimum Gasteiger partial charge on any atom is -0.471 e. The molecular formula is C29H20BrClN4O5. The molecule has 1 aromatic heterocycles. The lowest BCUT2D eigenvalue weighted by Gasteiger charge is -2.15. The molecule has 1 heterocycles. The van der Waals surface area contributed by atoms with Crippen molar-refractivity contribution < 1.29 is 19.2 Å². The summed E-state index contributed by atoms with van der Waals surface area (Å²) in [6, 6.07) is 24.1. The highest BCUT2D eigenvalue weighted by molar-refractivity contribution is 9.10. The molecule has 0 aliphatic rings. The molecule has 1 N–H and O–H groups in total. The van der Waals surface area contributed by atoms with Crippen LogP contribution in [-0.2, 0) is 11.4 Å². The van der Waals surface area contributed by atoms with E-state index in [4.69, 9.17) is 31.0 Å². The predicted molar refractivity (Wildman–Crippen MR) is 156 cm³/mol. The fraction of sp³-hybridized carbons (Fsp3) is 0.0690. The Labute approximate surface area is 242 Å². The number of benzene rings is 4. The first kappa shape index (κ1) is 27.0. The quantitative estimate of drug-likeness (QED) is 0.138. The Kier molecular flexibility index (Phi) is 7.90. The van der Waals surface area contributed by atoms with Crippen LogP contribution in [-0.4, -0.2) is 20.8 Å². The van der Waals surface area contributed by atoms with E-state index in [1.165, 1.54) is 25.1 Å². The van der Waals surface area contributed by atoms with Gasteiger partial charge in [0.2, 0.25) is 17.5 Å². The minimum atomic E-state index is -0.547. The molecule has 0 fully saturated rings. The largest absolute Gasteiger partial charge is 0.471 e. The van der Waals surface area contributed by atoms with Gasteiger partial charge in [0.15, 0.2) is 0 Å². The van der Waals surface area contributed by atoms with Gasteiger partial charge in [0.25, 0.3) is 0 Å². The van der Waals surface area contributed by atoms with Crippen molar-refractivity contribution in [3.8, 4) is 28.6 Å². The Bertz CT molecular complexity index is 1750. The molecule has 40 heavy (non-hydrogen) atoms. The van der Waals surface area contributed by atoms with Gasteiger partial charge in [-0.2, -0.15) is 0 Å². The van der Waals surface area contributed by atoms with Crippen LogP contribution in [0.25, 0.3) is 22.3 Å². The van der Waals surface area contributed by atoms with Gasteiger partial charge >= 0.3 is 5.69 Å². The maximum atomic E-state index is 11.9. The van der Waals surface area contributed by atoms with E-state index in [0.717, 1.165) is 10.0 Å². The molecule has 0 saturated carbocycles. The number of fused-ring (bicyclic) bond motifs is 1. The standard InChI is InChI=1S/C29H20BrClN4O5/c1-17(36)32-23-14-11-19(30)15-21(23)27-29(34-25-7-3-2-6-24(25)33-27)39-16-18-9-12-20(13-10-18)40-28-22(31)5-4-8-26(28)35(37)38/h2-15H,16H2,1H3,(H,32,36). The van der Waals surface area contributed by atoms with E-state index in [1.807, 2.05) is 36.4 Å². The summed E-state index contributed by atoms with van der Waals surface area (Å²) in [5.41, 5.74) is 3.57. The molecule has 11 heteroatoms. The average Bonchev–Trinajstić information content (AvgIpc) is 2.94. The van der Waals surface area contributed by atoms with Crippen LogP contribution in [0.15, 0.2) is 89.4 Å². The van der Waals surface area contributed by atoms with Crippen molar-refractivity contribution in [1.29, 1.82) is 0 Å². The van der Waals surface area contributed by atoms with E-state index >= 15 is 0 Å². The van der Waals surface area contributed by atoms with Crippen molar-refractivity contribution in [2.75, 3.05) is 5.32 Å². The molecule has 0 bridgehead atoms. The molecule has 0 spiro atoms. The molecule has 0 atom stereocenters. The third-order valence-electron chi connectivity index (χ3n) is 5.75. The van der Waals surface area contributed by atoms with E-state index < -0.39 is 4.92 Å². The number of ether oxygens (including phenoxy) is 2. The molecule has 0 unspecified atom stereocenters. The number of amides is 1. The Balaban J connectivity index is 1.44. The summed E-state index contributed by atoms with van der Waals surface area (Å²) in [5, 5.41) is 14.3. The van der Waals surface area contributed by atoms with Crippen LogP contribution in [0.4, 0.5) is 11.4 Å². The summed E-state index contributed by atoms with van der Waals surface area (Å²) in [7, 11) is 0. The first-order valence-electron chi connectivity index (χ1n) is 12.0. The molecule has 200 valence electrons. The van der Waals surface area contributed by atoms with Crippen LogP contribution in [0, 0.1) is 10.1 Å². The zero-order chi connectivity index (χ0) is 28.2. The summed E-state index contributed by atoms with van der Waals surface area (Å²) in [5.74, 6) is 0.415. The molecule has 9 nitrogen and oxygen atoms in total. The number of aromatic nitrogens is 2. The van der Waals surface area contributed by atoms with E-state index in [-0.39, 0.29) is 34.9 Å². The summed E-state index contributed by atoms with van der Waals surface area (Å²) in [4.78, 5) is 32.2. The number of carbonyl (C=O) groups excluding carboxylic acids is 1. The van der Waals surface area contributed by atoms with Gasteiger partial charge in [0.1, 0.15) is 18.1 Å². The number of carbonyl (C=O) groups is 1. The number of para-hydroxylation sites is 3. The van der Waals surface area contributed by atoms with Gasteiger partial charge in [-0.15, -0.1) is 0 Å². The van der Waals surface area contributed by atoms with E-state index in [9.17, 15) is 14.9 Å². The zero-order valence-corrected chi connectivity index (χ0v) is 23.3. The van der Waals surface area contributed by atoms with E-state index in [0.29, 0.717) is 33.7 Å². The fourth-order valence-corrected chi connectivity index (χ4v) is 4.51. The smallest absolute Gasteiger partial charge is 0.313 e. The van der Waals surface area contributed by atoms with Crippen molar-refractivity contribution in [3.05, 3.63) is 110 Å². The van der Waals surface area contributed by atoms with Crippen molar-refractivity contribution in [2.24, 2.45) is 0 Å². The number of nitro benzene ring substituents is 1. The lowest BCUT2D eigenvalue weighted by Crippen LogP contribution is -2.08.